The van der Waals surface area contributed by atoms with Crippen LogP contribution in [0.15, 0.2) is 0 Å². The van der Waals surface area contributed by atoms with Gasteiger partial charge in [-0.1, -0.05) is 6.42 Å². The zero-order valence-corrected chi connectivity index (χ0v) is 18.7. The van der Waals surface area contributed by atoms with Crippen LogP contribution in [0.5, 0.6) is 0 Å². The molecule has 4 atom stereocenters. The van der Waals surface area contributed by atoms with Gasteiger partial charge in [0.25, 0.3) is 0 Å². The number of thiol groups is 1. The number of carboxylic acids is 1. The van der Waals surface area contributed by atoms with Crippen LogP contribution in [-0.4, -0.2) is 89.0 Å². The van der Waals surface area contributed by atoms with Crippen molar-refractivity contribution in [1.82, 2.24) is 16.0 Å². The molecule has 0 heterocycles. The molecule has 30 heavy (non-hydrogen) atoms. The van der Waals surface area contributed by atoms with E-state index in [0.29, 0.717) is 25.1 Å². The fraction of sp³-hybridized carbons (Fsp3) is 0.765. The van der Waals surface area contributed by atoms with Crippen LogP contribution in [0.2, 0.25) is 0 Å². The van der Waals surface area contributed by atoms with E-state index in [1.54, 1.807) is 0 Å². The third-order valence-electron chi connectivity index (χ3n) is 4.16. The largest absolute Gasteiger partial charge is 0.480 e. The van der Waals surface area contributed by atoms with Gasteiger partial charge >= 0.3 is 5.97 Å². The highest BCUT2D eigenvalue weighted by Crippen LogP contribution is 2.04. The number of hydrogen-bond acceptors (Lipinski definition) is 9. The molecule has 0 saturated heterocycles. The molecule has 3 amide bonds. The van der Waals surface area contributed by atoms with Gasteiger partial charge in [-0.05, 0) is 37.8 Å². The van der Waals surface area contributed by atoms with Crippen LogP contribution < -0.4 is 27.4 Å². The van der Waals surface area contributed by atoms with Crippen molar-refractivity contribution in [2.75, 3.05) is 30.9 Å². The number of aliphatic hydroxyl groups excluding tert-OH is 1. The molecule has 0 saturated carbocycles. The van der Waals surface area contributed by atoms with E-state index < -0.39 is 54.5 Å². The van der Waals surface area contributed by atoms with E-state index in [9.17, 15) is 19.2 Å². The number of thioether (sulfide) groups is 1. The second kappa shape index (κ2) is 16.2. The monoisotopic (exact) mass is 467 g/mol. The van der Waals surface area contributed by atoms with Gasteiger partial charge in [0.2, 0.25) is 17.7 Å². The van der Waals surface area contributed by atoms with Crippen LogP contribution >= 0.6 is 24.4 Å². The second-order valence-electron chi connectivity index (χ2n) is 6.56. The topological polar surface area (TPSA) is 197 Å². The molecule has 0 spiro atoms. The molecular weight excluding hydrogens is 434 g/mol. The molecule has 0 aromatic rings. The molecular formula is C17H33N5O6S2. The van der Waals surface area contributed by atoms with Gasteiger partial charge in [-0.2, -0.15) is 24.4 Å². The number of nitrogens with one attached hydrogen (secondary N) is 3. The van der Waals surface area contributed by atoms with E-state index in [1.165, 1.54) is 11.8 Å². The molecule has 4 unspecified atom stereocenters. The zero-order chi connectivity index (χ0) is 23.1. The van der Waals surface area contributed by atoms with Gasteiger partial charge in [0, 0.05) is 5.75 Å². The number of aliphatic hydroxyl groups is 1. The summed E-state index contributed by atoms with van der Waals surface area (Å²) >= 11 is 5.51. The third kappa shape index (κ3) is 11.0. The average molecular weight is 468 g/mol. The van der Waals surface area contributed by atoms with Crippen LogP contribution in [0, 0.1) is 0 Å². The van der Waals surface area contributed by atoms with Crippen molar-refractivity contribution in [2.45, 2.75) is 49.9 Å². The minimum Gasteiger partial charge on any atom is -0.480 e. The molecule has 9 N–H and O–H groups in total. The first-order valence-electron chi connectivity index (χ1n) is 9.51. The van der Waals surface area contributed by atoms with Gasteiger partial charge in [-0.3, -0.25) is 14.4 Å². The Bertz CT molecular complexity index is 569. The summed E-state index contributed by atoms with van der Waals surface area (Å²) in [7, 11) is 0. The summed E-state index contributed by atoms with van der Waals surface area (Å²) in [6, 6.07) is -4.36. The lowest BCUT2D eigenvalue weighted by Crippen LogP contribution is -2.58. The molecule has 13 heteroatoms. The molecule has 0 aromatic heterocycles. The number of carbonyl (C=O) groups is 4. The first-order chi connectivity index (χ1) is 14.2. The lowest BCUT2D eigenvalue weighted by molar-refractivity contribution is -0.143. The molecule has 0 bridgehead atoms. The van der Waals surface area contributed by atoms with Crippen molar-refractivity contribution in [3.63, 3.8) is 0 Å². The number of carbonyl (C=O) groups excluding carboxylic acids is 3. The van der Waals surface area contributed by atoms with Gasteiger partial charge < -0.3 is 37.6 Å². The Morgan fingerprint density at radius 2 is 1.53 bits per heavy atom. The van der Waals surface area contributed by atoms with E-state index in [0.717, 1.165) is 6.42 Å². The Hall–Kier alpha value is -1.54. The number of aliphatic carboxylic acids is 1. The van der Waals surface area contributed by atoms with Gasteiger partial charge in [-0.25, -0.2) is 4.79 Å². The molecule has 0 aliphatic heterocycles. The van der Waals surface area contributed by atoms with Crippen molar-refractivity contribution >= 4 is 48.1 Å². The summed E-state index contributed by atoms with van der Waals surface area (Å²) in [6.07, 6.45) is 3.86. The van der Waals surface area contributed by atoms with Gasteiger partial charge in [-0.15, -0.1) is 0 Å². The molecule has 0 radical (unpaired) electrons. The van der Waals surface area contributed by atoms with Gasteiger partial charge in [0.1, 0.15) is 18.1 Å². The smallest absolute Gasteiger partial charge is 0.328 e. The SMILES string of the molecule is CSCCC(NC(=O)C(CS)NC(=O)C(N)CCCCN)C(=O)NC(CO)C(=O)O. The van der Waals surface area contributed by atoms with Crippen molar-refractivity contribution in [2.24, 2.45) is 11.5 Å². The molecule has 11 nitrogen and oxygen atoms in total. The van der Waals surface area contributed by atoms with Crippen LogP contribution in [0.1, 0.15) is 25.7 Å². The third-order valence-corrected chi connectivity index (χ3v) is 5.17. The van der Waals surface area contributed by atoms with Crippen molar-refractivity contribution in [1.29, 1.82) is 0 Å². The number of hydrogen-bond donors (Lipinski definition) is 8. The maximum Gasteiger partial charge on any atom is 0.328 e. The molecule has 0 aliphatic carbocycles. The minimum absolute atomic E-state index is 0.0294. The number of unbranched alkanes of at least 4 members (excludes halogenated alkanes) is 1. The van der Waals surface area contributed by atoms with E-state index in [1.807, 2.05) is 6.26 Å². The van der Waals surface area contributed by atoms with Crippen molar-refractivity contribution in [3.05, 3.63) is 0 Å². The second-order valence-corrected chi connectivity index (χ2v) is 7.91. The Morgan fingerprint density at radius 1 is 0.967 bits per heavy atom. The minimum atomic E-state index is -1.49. The Morgan fingerprint density at radius 3 is 2.03 bits per heavy atom. The molecule has 0 aliphatic rings. The highest BCUT2D eigenvalue weighted by Gasteiger charge is 2.29. The summed E-state index contributed by atoms with van der Waals surface area (Å²) < 4.78 is 0. The summed E-state index contributed by atoms with van der Waals surface area (Å²) in [6.45, 7) is -0.295. The lowest BCUT2D eigenvalue weighted by atomic mass is 10.1. The average Bonchev–Trinajstić information content (AvgIpc) is 2.72. The first-order valence-corrected chi connectivity index (χ1v) is 11.5. The van der Waals surface area contributed by atoms with E-state index in [2.05, 4.69) is 28.6 Å². The summed E-state index contributed by atoms with van der Waals surface area (Å²) in [5, 5.41) is 25.2. The van der Waals surface area contributed by atoms with E-state index in [4.69, 9.17) is 21.7 Å². The van der Waals surface area contributed by atoms with E-state index in [-0.39, 0.29) is 12.2 Å². The normalized spacial score (nSPS) is 14.8. The molecule has 0 fully saturated rings. The van der Waals surface area contributed by atoms with E-state index >= 15 is 0 Å². The Labute approximate surface area is 185 Å². The summed E-state index contributed by atoms with van der Waals surface area (Å²) in [5.74, 6) is -2.83. The molecule has 0 aromatic carbocycles. The fourth-order valence-electron chi connectivity index (χ4n) is 2.35. The Balaban J connectivity index is 5.01. The zero-order valence-electron chi connectivity index (χ0n) is 17.0. The van der Waals surface area contributed by atoms with Crippen molar-refractivity contribution in [3.8, 4) is 0 Å². The predicted octanol–water partition coefficient (Wildman–Crippen LogP) is -2.34. The maximum absolute atomic E-state index is 12.6. The van der Waals surface area contributed by atoms with Gasteiger partial charge in [0.05, 0.1) is 12.6 Å². The van der Waals surface area contributed by atoms with Crippen LogP contribution in [0.3, 0.4) is 0 Å². The highest BCUT2D eigenvalue weighted by molar-refractivity contribution is 7.98. The predicted molar refractivity (Wildman–Crippen MR) is 118 cm³/mol. The number of nitrogens with two attached hydrogens (primary N) is 2. The highest BCUT2D eigenvalue weighted by atomic mass is 32.2. The molecule has 174 valence electrons. The quantitative estimate of drug-likeness (QED) is 0.0905. The van der Waals surface area contributed by atoms with Gasteiger partial charge in [0.15, 0.2) is 0 Å². The first kappa shape index (κ1) is 28.5. The number of carboxylic acid groups (broad SMARTS) is 1. The van der Waals surface area contributed by atoms with Crippen LogP contribution in [0.25, 0.3) is 0 Å². The van der Waals surface area contributed by atoms with Crippen LogP contribution in [-0.2, 0) is 19.2 Å². The molecule has 0 rings (SSSR count). The fourth-order valence-corrected chi connectivity index (χ4v) is 3.08. The number of amides is 3. The Kier molecular flexibility index (Phi) is 15.4. The lowest BCUT2D eigenvalue weighted by Gasteiger charge is -2.24. The van der Waals surface area contributed by atoms with Crippen molar-refractivity contribution < 1.29 is 29.4 Å². The summed E-state index contributed by atoms with van der Waals surface area (Å²) in [4.78, 5) is 48.2. The maximum atomic E-state index is 12.6. The number of rotatable bonds is 16. The standard InChI is InChI=1S/C17H33N5O6S2/c1-30-7-5-11(15(25)21-12(8-23)17(27)28)20-16(26)13(9-29)22-14(24)10(19)4-2-3-6-18/h10-13,23,29H,2-9,18-19H2,1H3,(H,20,26)(H,21,25)(H,22,24)(H,27,28). The van der Waals surface area contributed by atoms with Crippen LogP contribution in [0.4, 0.5) is 0 Å². The summed E-state index contributed by atoms with van der Waals surface area (Å²) in [5.41, 5.74) is 11.2.